The molecule has 0 saturated carbocycles. The number of nitrogens with one attached hydrogen (secondary N) is 4. The summed E-state index contributed by atoms with van der Waals surface area (Å²) in [6.07, 6.45) is 8.48. The zero-order valence-corrected chi connectivity index (χ0v) is 36.3. The van der Waals surface area contributed by atoms with Crippen LogP contribution in [0.25, 0.3) is 34.3 Å². The Labute approximate surface area is 364 Å². The molecule has 4 aromatic heterocycles. The number of carbonyl (C=O) groups is 1. The number of benzene rings is 3. The lowest BCUT2D eigenvalue weighted by molar-refractivity contribution is -0.113. The molecule has 15 nitrogen and oxygen atoms in total. The van der Waals surface area contributed by atoms with Crippen molar-refractivity contribution in [2.75, 3.05) is 55.9 Å². The SMILES string of the molecule is C=C(Cn1c(=O)/c(=C/c2nc[nH]c2C(C)(C)C)[nH]c(=O)/c1=C/c1ccccc1)C(=O)Nc1cc(Nc2nccc(-c3cn(C)c4ccccc34)n2)c(OC)cc1N1CCN(C)CC1. The van der Waals surface area contributed by atoms with Gasteiger partial charge >= 0.3 is 0 Å². The molecule has 15 heteroatoms. The fourth-order valence-corrected chi connectivity index (χ4v) is 7.83. The summed E-state index contributed by atoms with van der Waals surface area (Å²) in [5.41, 5.74) is 5.25. The van der Waals surface area contributed by atoms with Gasteiger partial charge in [-0.05, 0) is 43.0 Å². The van der Waals surface area contributed by atoms with Crippen LogP contribution in [0.1, 0.15) is 37.7 Å². The Bertz CT molecular complexity index is 3090. The standard InChI is InChI=1S/C48H51N11O4/c1-30(27-59-41(23-31-13-9-8-10-14-31)45(61)53-38(46(59)62)25-37-43(48(2,3)4)51-29-50-37)44(60)52-35-24-36(42(63-7)26-40(35)58-21-19-56(5)20-22-58)55-47-49-18-17-34(54-47)33-28-57(6)39-16-12-11-15-32(33)39/h8-18,23-26,28-29H,1,19-22,27H2,2-7H3,(H,50,51)(H,52,60)(H,53,61)(H,49,54,55)/b38-25-,41-23-. The van der Waals surface area contributed by atoms with Gasteiger partial charge in [0.15, 0.2) is 0 Å². The van der Waals surface area contributed by atoms with Crippen molar-refractivity contribution in [1.82, 2.24) is 39.0 Å². The smallest absolute Gasteiger partial charge is 0.275 e. The molecule has 1 aliphatic heterocycles. The number of rotatable bonds is 11. The van der Waals surface area contributed by atoms with E-state index in [0.29, 0.717) is 47.4 Å². The highest BCUT2D eigenvalue weighted by Gasteiger charge is 2.24. The molecule has 1 fully saturated rings. The number of para-hydroxylation sites is 1. The summed E-state index contributed by atoms with van der Waals surface area (Å²) in [6, 6.07) is 22.9. The van der Waals surface area contributed by atoms with E-state index in [1.54, 1.807) is 37.9 Å². The molecule has 1 aliphatic rings. The number of H-pyrrole nitrogens is 2. The quantitative estimate of drug-likeness (QED) is 0.132. The first-order valence-corrected chi connectivity index (χ1v) is 20.7. The van der Waals surface area contributed by atoms with E-state index in [1.807, 2.05) is 88.6 Å². The first kappa shape index (κ1) is 42.2. The molecule has 3 aromatic carbocycles. The van der Waals surface area contributed by atoms with Gasteiger partial charge in [0.1, 0.15) is 16.4 Å². The van der Waals surface area contributed by atoms with E-state index < -0.39 is 17.0 Å². The number of nitrogens with zero attached hydrogens (tertiary/aromatic N) is 7. The maximum atomic E-state index is 14.4. The molecule has 4 N–H and O–H groups in total. The number of likely N-dealkylation sites (N-methyl/N-ethyl adjacent to an activating group) is 1. The molecule has 0 unspecified atom stereocenters. The minimum absolute atomic E-state index is 0.0194. The number of ether oxygens (including phenoxy) is 1. The van der Waals surface area contributed by atoms with E-state index in [9.17, 15) is 14.4 Å². The van der Waals surface area contributed by atoms with E-state index in [4.69, 9.17) is 9.72 Å². The van der Waals surface area contributed by atoms with Crippen molar-refractivity contribution >= 4 is 52.0 Å². The first-order chi connectivity index (χ1) is 30.3. The first-order valence-electron chi connectivity index (χ1n) is 20.7. The van der Waals surface area contributed by atoms with Crippen LogP contribution < -0.4 is 42.1 Å². The minimum Gasteiger partial charge on any atom is -0.494 e. The highest BCUT2D eigenvalue weighted by atomic mass is 16.5. The Morgan fingerprint density at radius 3 is 2.43 bits per heavy atom. The number of fused-ring (bicyclic) bond motifs is 1. The number of aromatic amines is 2. The van der Waals surface area contributed by atoms with Crippen LogP contribution >= 0.6 is 0 Å². The van der Waals surface area contributed by atoms with Crippen LogP contribution in [0.5, 0.6) is 5.75 Å². The summed E-state index contributed by atoms with van der Waals surface area (Å²) < 4.78 is 9.27. The van der Waals surface area contributed by atoms with Crippen LogP contribution in [0.3, 0.4) is 0 Å². The van der Waals surface area contributed by atoms with Crippen molar-refractivity contribution in [2.24, 2.45) is 7.05 Å². The molecule has 0 atom stereocenters. The van der Waals surface area contributed by atoms with E-state index in [1.165, 1.54) is 4.57 Å². The van der Waals surface area contributed by atoms with Crippen molar-refractivity contribution in [3.05, 3.63) is 152 Å². The van der Waals surface area contributed by atoms with E-state index in [0.717, 1.165) is 46.6 Å². The Balaban J connectivity index is 1.16. The molecule has 5 heterocycles. The largest absolute Gasteiger partial charge is 0.494 e. The summed E-state index contributed by atoms with van der Waals surface area (Å²) in [4.78, 5) is 66.8. The van der Waals surface area contributed by atoms with Gasteiger partial charge in [0.25, 0.3) is 17.0 Å². The van der Waals surface area contributed by atoms with Crippen LogP contribution in [-0.2, 0) is 23.8 Å². The fraction of sp³-hybridized carbons (Fsp3) is 0.250. The molecule has 63 heavy (non-hydrogen) atoms. The second kappa shape index (κ2) is 17.5. The number of amides is 1. The highest BCUT2D eigenvalue weighted by molar-refractivity contribution is 6.06. The van der Waals surface area contributed by atoms with Crippen LogP contribution in [0.15, 0.2) is 113 Å². The number of anilines is 4. The van der Waals surface area contributed by atoms with E-state index in [2.05, 4.69) is 70.7 Å². The third-order valence-corrected chi connectivity index (χ3v) is 11.2. The second-order valence-corrected chi connectivity index (χ2v) is 16.7. The number of carbonyl (C=O) groups excluding carboxylic acids is 1. The van der Waals surface area contributed by atoms with Crippen molar-refractivity contribution < 1.29 is 9.53 Å². The summed E-state index contributed by atoms with van der Waals surface area (Å²) in [7, 11) is 5.67. The molecule has 0 spiro atoms. The number of piperazine rings is 1. The van der Waals surface area contributed by atoms with Gasteiger partial charge in [0.05, 0.1) is 48.4 Å². The molecule has 1 amide bonds. The molecular weight excluding hydrogens is 795 g/mol. The predicted molar refractivity (Wildman–Crippen MR) is 249 cm³/mol. The number of hydrogen-bond acceptors (Lipinski definition) is 10. The van der Waals surface area contributed by atoms with Gasteiger partial charge in [-0.2, -0.15) is 0 Å². The maximum absolute atomic E-state index is 14.4. The predicted octanol–water partition coefficient (Wildman–Crippen LogP) is 4.86. The number of aryl methyl sites for hydroxylation is 1. The van der Waals surface area contributed by atoms with Crippen LogP contribution in [0.4, 0.5) is 23.0 Å². The Hall–Kier alpha value is -7.52. The van der Waals surface area contributed by atoms with Gasteiger partial charge in [-0.15, -0.1) is 0 Å². The third kappa shape index (κ3) is 8.95. The average Bonchev–Trinajstić information content (AvgIpc) is 3.89. The maximum Gasteiger partial charge on any atom is 0.275 e. The van der Waals surface area contributed by atoms with Crippen molar-refractivity contribution in [3.63, 3.8) is 0 Å². The van der Waals surface area contributed by atoms with Gasteiger partial charge in [-0.1, -0.05) is 75.9 Å². The molecule has 0 radical (unpaired) electrons. The molecule has 8 rings (SSSR count). The number of aromatic nitrogens is 7. The van der Waals surface area contributed by atoms with E-state index >= 15 is 0 Å². The third-order valence-electron chi connectivity index (χ3n) is 11.2. The van der Waals surface area contributed by atoms with Crippen LogP contribution in [0, 0.1) is 0 Å². The molecule has 1 saturated heterocycles. The zero-order chi connectivity index (χ0) is 44.4. The normalized spacial score (nSPS) is 14.0. The lowest BCUT2D eigenvalue weighted by Gasteiger charge is -2.35. The van der Waals surface area contributed by atoms with Crippen LogP contribution in [-0.4, -0.2) is 85.2 Å². The summed E-state index contributed by atoms with van der Waals surface area (Å²) in [6.45, 7) is 13.0. The summed E-state index contributed by atoms with van der Waals surface area (Å²) in [5, 5.41) is 7.58. The van der Waals surface area contributed by atoms with E-state index in [-0.39, 0.29) is 28.2 Å². The Morgan fingerprint density at radius 1 is 0.937 bits per heavy atom. The molecule has 0 bridgehead atoms. The molecule has 322 valence electrons. The number of methoxy groups -OCH3 is 1. The van der Waals surface area contributed by atoms with Gasteiger partial charge in [0.2, 0.25) is 5.95 Å². The molecule has 0 aliphatic carbocycles. The monoisotopic (exact) mass is 845 g/mol. The van der Waals surface area contributed by atoms with Gasteiger partial charge < -0.3 is 39.7 Å². The highest BCUT2D eigenvalue weighted by Crippen LogP contribution is 2.39. The molecule has 7 aromatic rings. The summed E-state index contributed by atoms with van der Waals surface area (Å²) in [5.74, 6) is 0.313. The lowest BCUT2D eigenvalue weighted by atomic mass is 9.90. The second-order valence-electron chi connectivity index (χ2n) is 16.7. The van der Waals surface area contributed by atoms with Crippen molar-refractivity contribution in [1.29, 1.82) is 0 Å². The molecular formula is C48H51N11O4. The minimum atomic E-state index is -0.540. The Morgan fingerprint density at radius 2 is 1.68 bits per heavy atom. The van der Waals surface area contributed by atoms with Crippen LogP contribution in [0.2, 0.25) is 0 Å². The fourth-order valence-electron chi connectivity index (χ4n) is 7.83. The lowest BCUT2D eigenvalue weighted by Crippen LogP contribution is -2.53. The van der Waals surface area contributed by atoms with Crippen molar-refractivity contribution in [2.45, 2.75) is 32.7 Å². The number of hydrogen-bond donors (Lipinski definition) is 4. The Kier molecular flexibility index (Phi) is 11.7. The topological polar surface area (TPSA) is 171 Å². The van der Waals surface area contributed by atoms with Crippen molar-refractivity contribution in [3.8, 4) is 17.0 Å². The average molecular weight is 846 g/mol. The van der Waals surface area contributed by atoms with Gasteiger partial charge in [-0.3, -0.25) is 19.0 Å². The zero-order valence-electron chi connectivity index (χ0n) is 36.3. The summed E-state index contributed by atoms with van der Waals surface area (Å²) >= 11 is 0. The van der Waals surface area contributed by atoms with Gasteiger partial charge in [0, 0.05) is 84.8 Å². The number of imidazole rings is 1. The van der Waals surface area contributed by atoms with Gasteiger partial charge in [-0.25, -0.2) is 15.0 Å².